The second-order valence-electron chi connectivity index (χ2n) is 6.02. The minimum absolute atomic E-state index is 0.112. The summed E-state index contributed by atoms with van der Waals surface area (Å²) in [7, 11) is 0. The molecule has 0 bridgehead atoms. The highest BCUT2D eigenvalue weighted by Crippen LogP contribution is 2.37. The lowest BCUT2D eigenvalue weighted by molar-refractivity contribution is -0.117. The van der Waals surface area contributed by atoms with Gasteiger partial charge in [-0.2, -0.15) is 0 Å². The number of aromatic amines is 1. The van der Waals surface area contributed by atoms with Gasteiger partial charge in [0.15, 0.2) is 5.78 Å². The first-order valence-corrected chi connectivity index (χ1v) is 7.14. The molecule has 0 amide bonds. The first-order valence-electron chi connectivity index (χ1n) is 7.14. The average molecular weight is 299 g/mol. The fourth-order valence-electron chi connectivity index (χ4n) is 2.38. The molecule has 0 saturated heterocycles. The van der Waals surface area contributed by atoms with E-state index in [4.69, 9.17) is 0 Å². The highest BCUT2D eigenvalue weighted by molar-refractivity contribution is 6.04. The van der Waals surface area contributed by atoms with E-state index < -0.39 is 0 Å². The molecule has 1 aliphatic heterocycles. The van der Waals surface area contributed by atoms with E-state index >= 15 is 0 Å². The van der Waals surface area contributed by atoms with E-state index in [0.29, 0.717) is 0 Å². The zero-order valence-electron chi connectivity index (χ0n) is 13.3. The quantitative estimate of drug-likeness (QED) is 0.878. The van der Waals surface area contributed by atoms with Crippen LogP contribution in [0.4, 0.5) is 11.4 Å². The molecule has 0 saturated carbocycles. The number of anilines is 1. The van der Waals surface area contributed by atoms with Crippen LogP contribution in [0.2, 0.25) is 0 Å². The molecule has 116 valence electrons. The van der Waals surface area contributed by atoms with Crippen molar-refractivity contribution in [3.8, 4) is 0 Å². The number of hydrogen-bond acceptors (Lipinski definition) is 5. The summed E-state index contributed by atoms with van der Waals surface area (Å²) in [5, 5.41) is 9.26. The number of H-pyrrole nitrogens is 1. The predicted molar refractivity (Wildman–Crippen MR) is 87.7 cm³/mol. The maximum Gasteiger partial charge on any atom is 0.157 e. The Morgan fingerprint density at radius 2 is 2.00 bits per heavy atom. The number of Topliss-reactive ketones (excluding diaryl/α,β-unsaturated/α-hetero) is 1. The maximum absolute atomic E-state index is 11.7. The van der Waals surface area contributed by atoms with Gasteiger partial charge in [-0.1, -0.05) is 17.3 Å². The molecule has 0 spiro atoms. The molecule has 1 aromatic carbocycles. The Morgan fingerprint density at radius 1 is 1.27 bits per heavy atom. The molecule has 2 aromatic rings. The van der Waals surface area contributed by atoms with E-state index in [1.165, 1.54) is 0 Å². The van der Waals surface area contributed by atoms with E-state index in [1.807, 2.05) is 24.3 Å². The standard InChI is InChI=1S/C14H18N2O.C2H3N3/c1-10(17)13-9-15-11-7-5-6-8-12(11)16(13)14(2,3)4;1-2-4-5-3-1/h5-9,13H,1-4H3;1-2H,(H,3,4,5). The monoisotopic (exact) mass is 299 g/mol. The Kier molecular flexibility index (Phi) is 4.70. The molecule has 3 rings (SSSR count). The van der Waals surface area contributed by atoms with E-state index in [2.05, 4.69) is 46.1 Å². The predicted octanol–water partition coefficient (Wildman–Crippen LogP) is 2.77. The fourth-order valence-corrected chi connectivity index (χ4v) is 2.38. The van der Waals surface area contributed by atoms with Crippen molar-refractivity contribution >= 4 is 23.4 Å². The second-order valence-corrected chi connectivity index (χ2v) is 6.02. The van der Waals surface area contributed by atoms with E-state index in [9.17, 15) is 4.79 Å². The summed E-state index contributed by atoms with van der Waals surface area (Å²) in [4.78, 5) is 18.2. The SMILES string of the molecule is CC(=O)C1C=Nc2ccccc2N1C(C)(C)C.c1c[nH]nn1. The van der Waals surface area contributed by atoms with Gasteiger partial charge in [-0.05, 0) is 39.8 Å². The largest absolute Gasteiger partial charge is 0.350 e. The van der Waals surface area contributed by atoms with Crippen molar-refractivity contribution < 1.29 is 4.79 Å². The number of aromatic nitrogens is 3. The first-order chi connectivity index (χ1) is 10.4. The summed E-state index contributed by atoms with van der Waals surface area (Å²) in [5.74, 6) is 0.123. The van der Waals surface area contributed by atoms with Crippen LogP contribution in [-0.4, -0.2) is 39.0 Å². The summed E-state index contributed by atoms with van der Waals surface area (Å²) in [6, 6.07) is 7.68. The number of fused-ring (bicyclic) bond motifs is 1. The Labute approximate surface area is 130 Å². The average Bonchev–Trinajstić information content (AvgIpc) is 3.04. The van der Waals surface area contributed by atoms with Crippen molar-refractivity contribution in [1.29, 1.82) is 0 Å². The third kappa shape index (κ3) is 3.58. The molecule has 1 aliphatic rings. The summed E-state index contributed by atoms with van der Waals surface area (Å²) < 4.78 is 0. The Balaban J connectivity index is 0.000000299. The van der Waals surface area contributed by atoms with Crippen LogP contribution >= 0.6 is 0 Å². The van der Waals surface area contributed by atoms with Crippen LogP contribution in [0.15, 0.2) is 41.7 Å². The molecule has 1 atom stereocenters. The van der Waals surface area contributed by atoms with Gasteiger partial charge in [0, 0.05) is 18.0 Å². The molecule has 6 nitrogen and oxygen atoms in total. The van der Waals surface area contributed by atoms with Crippen LogP contribution in [-0.2, 0) is 4.79 Å². The topological polar surface area (TPSA) is 74.2 Å². The van der Waals surface area contributed by atoms with Gasteiger partial charge in [-0.15, -0.1) is 5.10 Å². The van der Waals surface area contributed by atoms with Gasteiger partial charge < -0.3 is 4.90 Å². The number of hydrogen-bond donors (Lipinski definition) is 1. The Bertz CT molecular complexity index is 626. The molecule has 0 radical (unpaired) electrons. The third-order valence-corrected chi connectivity index (χ3v) is 3.24. The van der Waals surface area contributed by atoms with Crippen molar-refractivity contribution in [2.75, 3.05) is 4.90 Å². The van der Waals surface area contributed by atoms with Crippen LogP contribution in [0.3, 0.4) is 0 Å². The summed E-state index contributed by atoms with van der Waals surface area (Å²) in [5.41, 5.74) is 1.85. The lowest BCUT2D eigenvalue weighted by Crippen LogP contribution is -2.53. The number of carbonyl (C=O) groups excluding carboxylic acids is 1. The van der Waals surface area contributed by atoms with Crippen molar-refractivity contribution in [2.24, 2.45) is 4.99 Å². The molecule has 2 heterocycles. The van der Waals surface area contributed by atoms with Gasteiger partial charge in [0.05, 0.1) is 17.6 Å². The zero-order chi connectivity index (χ0) is 16.2. The number of rotatable bonds is 1. The highest BCUT2D eigenvalue weighted by atomic mass is 16.1. The van der Waals surface area contributed by atoms with Gasteiger partial charge in [-0.25, -0.2) is 0 Å². The lowest BCUT2D eigenvalue weighted by Gasteiger charge is -2.43. The van der Waals surface area contributed by atoms with E-state index in [0.717, 1.165) is 11.4 Å². The normalized spacial score (nSPS) is 16.5. The number of nitrogens with one attached hydrogen (secondary N) is 1. The molecule has 1 N–H and O–H groups in total. The fraction of sp³-hybridized carbons (Fsp3) is 0.375. The lowest BCUT2D eigenvalue weighted by atomic mass is 9.98. The van der Waals surface area contributed by atoms with Crippen molar-refractivity contribution in [2.45, 2.75) is 39.3 Å². The smallest absolute Gasteiger partial charge is 0.157 e. The van der Waals surface area contributed by atoms with Gasteiger partial charge >= 0.3 is 0 Å². The van der Waals surface area contributed by atoms with Gasteiger partial charge in [0.25, 0.3) is 0 Å². The first kappa shape index (κ1) is 15.9. The Morgan fingerprint density at radius 3 is 2.50 bits per heavy atom. The van der Waals surface area contributed by atoms with E-state index in [1.54, 1.807) is 25.5 Å². The van der Waals surface area contributed by atoms with Gasteiger partial charge in [-0.3, -0.25) is 14.9 Å². The minimum atomic E-state index is -0.259. The van der Waals surface area contributed by atoms with E-state index in [-0.39, 0.29) is 17.4 Å². The molecular formula is C16H21N5O. The van der Waals surface area contributed by atoms with Crippen LogP contribution in [0, 0.1) is 0 Å². The van der Waals surface area contributed by atoms with Crippen molar-refractivity contribution in [3.63, 3.8) is 0 Å². The number of benzene rings is 1. The molecule has 6 heteroatoms. The van der Waals surface area contributed by atoms with Crippen molar-refractivity contribution in [3.05, 3.63) is 36.7 Å². The third-order valence-electron chi connectivity index (χ3n) is 3.24. The highest BCUT2D eigenvalue weighted by Gasteiger charge is 2.34. The zero-order valence-corrected chi connectivity index (χ0v) is 13.3. The second kappa shape index (κ2) is 6.51. The molecule has 1 aromatic heterocycles. The van der Waals surface area contributed by atoms with Gasteiger partial charge in [0.2, 0.25) is 0 Å². The summed E-state index contributed by atoms with van der Waals surface area (Å²) in [6.07, 6.45) is 4.98. The van der Waals surface area contributed by atoms with Crippen LogP contribution in [0.1, 0.15) is 27.7 Å². The number of para-hydroxylation sites is 2. The molecule has 0 fully saturated rings. The molecule has 22 heavy (non-hydrogen) atoms. The number of ketones is 1. The number of aliphatic imine (C=N–C) groups is 1. The van der Waals surface area contributed by atoms with Crippen LogP contribution in [0.25, 0.3) is 0 Å². The maximum atomic E-state index is 11.7. The molecule has 1 unspecified atom stereocenters. The van der Waals surface area contributed by atoms with Crippen LogP contribution < -0.4 is 4.90 Å². The van der Waals surface area contributed by atoms with Crippen molar-refractivity contribution in [1.82, 2.24) is 15.4 Å². The molecule has 0 aliphatic carbocycles. The Hall–Kier alpha value is -2.50. The minimum Gasteiger partial charge on any atom is -0.350 e. The summed E-state index contributed by atoms with van der Waals surface area (Å²) >= 11 is 0. The van der Waals surface area contributed by atoms with Crippen LogP contribution in [0.5, 0.6) is 0 Å². The summed E-state index contributed by atoms with van der Waals surface area (Å²) in [6.45, 7) is 7.94. The number of carbonyl (C=O) groups is 1. The van der Waals surface area contributed by atoms with Gasteiger partial charge in [0.1, 0.15) is 6.04 Å². The molecular weight excluding hydrogens is 278 g/mol. The number of nitrogens with zero attached hydrogens (tertiary/aromatic N) is 4.